The van der Waals surface area contributed by atoms with Gasteiger partial charge in [0.2, 0.25) is 0 Å². The second kappa shape index (κ2) is 9.90. The Morgan fingerprint density at radius 3 is 2.84 bits per heavy atom. The number of carbonyl (C=O) groups excluding carboxylic acids is 1. The average Bonchev–Trinajstić information content (AvgIpc) is 3.43. The maximum Gasteiger partial charge on any atom is 0.273 e. The van der Waals surface area contributed by atoms with Gasteiger partial charge in [0.25, 0.3) is 5.91 Å². The van der Waals surface area contributed by atoms with Gasteiger partial charge < -0.3 is 4.90 Å². The van der Waals surface area contributed by atoms with Gasteiger partial charge in [-0.25, -0.2) is 9.37 Å². The van der Waals surface area contributed by atoms with E-state index < -0.39 is 0 Å². The molecule has 2 N–H and O–H groups in total. The summed E-state index contributed by atoms with van der Waals surface area (Å²) in [5.41, 5.74) is 11.5. The highest BCUT2D eigenvalue weighted by Crippen LogP contribution is 2.28. The van der Waals surface area contributed by atoms with Gasteiger partial charge in [0, 0.05) is 36.6 Å². The van der Waals surface area contributed by atoms with E-state index in [1.165, 1.54) is 28.5 Å². The van der Waals surface area contributed by atoms with Crippen molar-refractivity contribution in [2.75, 3.05) is 13.6 Å². The van der Waals surface area contributed by atoms with Gasteiger partial charge in [-0.1, -0.05) is 35.9 Å². The van der Waals surface area contributed by atoms with Gasteiger partial charge in [-0.05, 0) is 56.4 Å². The van der Waals surface area contributed by atoms with Crippen LogP contribution in [0.5, 0.6) is 0 Å². The van der Waals surface area contributed by atoms with Crippen molar-refractivity contribution in [1.82, 2.24) is 20.7 Å². The number of hydrogen-bond donors (Lipinski definition) is 2. The van der Waals surface area contributed by atoms with Gasteiger partial charge >= 0.3 is 0 Å². The Kier molecular flexibility index (Phi) is 6.98. The lowest BCUT2D eigenvalue weighted by Crippen LogP contribution is -2.32. The molecule has 2 atom stereocenters. The molecule has 4 rings (SSSR count). The molecule has 0 radical (unpaired) electrons. The summed E-state index contributed by atoms with van der Waals surface area (Å²) in [6.07, 6.45) is 2.71. The third-order valence-corrected chi connectivity index (χ3v) is 6.84. The van der Waals surface area contributed by atoms with Gasteiger partial charge in [-0.15, -0.1) is 11.3 Å². The van der Waals surface area contributed by atoms with E-state index in [4.69, 9.17) is 0 Å². The number of nitrogens with zero attached hydrogens (tertiary/aromatic N) is 2. The molecule has 5 nitrogen and oxygen atoms in total. The van der Waals surface area contributed by atoms with Crippen LogP contribution in [0.4, 0.5) is 4.39 Å². The summed E-state index contributed by atoms with van der Waals surface area (Å²) in [7, 11) is 1.83. The molecule has 1 saturated heterocycles. The van der Waals surface area contributed by atoms with Crippen LogP contribution in [-0.4, -0.2) is 35.4 Å². The molecular weight excluding hydrogens is 423 g/mol. The molecule has 0 aliphatic carbocycles. The number of rotatable bonds is 7. The molecule has 1 aromatic heterocycles. The van der Waals surface area contributed by atoms with Crippen molar-refractivity contribution < 1.29 is 9.18 Å². The van der Waals surface area contributed by atoms with Crippen LogP contribution >= 0.6 is 11.3 Å². The van der Waals surface area contributed by atoms with Crippen molar-refractivity contribution in [3.05, 3.63) is 76.0 Å². The Labute approximate surface area is 192 Å². The van der Waals surface area contributed by atoms with Crippen LogP contribution in [0.15, 0.2) is 47.8 Å². The predicted octanol–water partition coefficient (Wildman–Crippen LogP) is 5.03. The summed E-state index contributed by atoms with van der Waals surface area (Å²) >= 11 is 1.51. The summed E-state index contributed by atoms with van der Waals surface area (Å²) in [5.74, 6) is -0.261. The molecule has 0 saturated carbocycles. The van der Waals surface area contributed by atoms with Crippen molar-refractivity contribution in [3.8, 4) is 10.6 Å². The van der Waals surface area contributed by atoms with Gasteiger partial charge in [0.15, 0.2) is 0 Å². The van der Waals surface area contributed by atoms with Crippen molar-refractivity contribution >= 4 is 17.2 Å². The van der Waals surface area contributed by atoms with E-state index in [1.807, 2.05) is 18.5 Å². The van der Waals surface area contributed by atoms with Crippen molar-refractivity contribution in [3.63, 3.8) is 0 Å². The average molecular weight is 453 g/mol. The van der Waals surface area contributed by atoms with Crippen molar-refractivity contribution in [1.29, 1.82) is 0 Å². The number of hydrazine groups is 1. The fraction of sp³-hybridized carbons (Fsp3) is 0.360. The first-order valence-corrected chi connectivity index (χ1v) is 11.8. The van der Waals surface area contributed by atoms with Crippen molar-refractivity contribution in [2.24, 2.45) is 0 Å². The summed E-state index contributed by atoms with van der Waals surface area (Å²) in [4.78, 5) is 19.2. The summed E-state index contributed by atoms with van der Waals surface area (Å²) in [6.45, 7) is 4.81. The first-order valence-electron chi connectivity index (χ1n) is 11.0. The van der Waals surface area contributed by atoms with Gasteiger partial charge in [-0.2, -0.15) is 0 Å². The maximum absolute atomic E-state index is 13.5. The highest BCUT2D eigenvalue weighted by molar-refractivity contribution is 7.13. The number of benzene rings is 2. The minimum Gasteiger partial charge on any atom is -0.340 e. The number of carbonyl (C=O) groups is 1. The normalized spacial score (nSPS) is 18.1. The molecule has 1 fully saturated rings. The third-order valence-electron chi connectivity index (χ3n) is 5.96. The molecule has 2 heterocycles. The first kappa shape index (κ1) is 22.6. The molecule has 168 valence electrons. The van der Waals surface area contributed by atoms with Crippen LogP contribution in [-0.2, 0) is 0 Å². The highest BCUT2D eigenvalue weighted by atomic mass is 32.1. The second-order valence-corrected chi connectivity index (χ2v) is 9.41. The van der Waals surface area contributed by atoms with Crippen LogP contribution in [0.1, 0.15) is 52.5 Å². The van der Waals surface area contributed by atoms with Gasteiger partial charge in [0.1, 0.15) is 16.5 Å². The Hall–Kier alpha value is -2.61. The van der Waals surface area contributed by atoms with Crippen LogP contribution < -0.4 is 10.9 Å². The monoisotopic (exact) mass is 452 g/mol. The maximum atomic E-state index is 13.5. The van der Waals surface area contributed by atoms with E-state index in [9.17, 15) is 9.18 Å². The van der Waals surface area contributed by atoms with Crippen LogP contribution in [0, 0.1) is 19.7 Å². The number of nitrogens with one attached hydrogen (secondary N) is 2. The van der Waals surface area contributed by atoms with Crippen LogP contribution in [0.2, 0.25) is 0 Å². The lowest BCUT2D eigenvalue weighted by Gasteiger charge is -2.17. The fourth-order valence-corrected chi connectivity index (χ4v) is 5.06. The van der Waals surface area contributed by atoms with E-state index in [0.717, 1.165) is 35.4 Å². The highest BCUT2D eigenvalue weighted by Gasteiger charge is 2.25. The molecule has 3 aromatic rings. The van der Waals surface area contributed by atoms with E-state index in [0.29, 0.717) is 18.3 Å². The lowest BCUT2D eigenvalue weighted by atomic mass is 9.99. The van der Waals surface area contributed by atoms with E-state index >= 15 is 0 Å². The van der Waals surface area contributed by atoms with Crippen LogP contribution in [0.3, 0.4) is 0 Å². The van der Waals surface area contributed by atoms with E-state index in [-0.39, 0.29) is 17.8 Å². The first-order chi connectivity index (χ1) is 15.4. The molecule has 32 heavy (non-hydrogen) atoms. The lowest BCUT2D eigenvalue weighted by molar-refractivity contribution is 0.0787. The van der Waals surface area contributed by atoms with Crippen LogP contribution in [0.25, 0.3) is 10.6 Å². The zero-order valence-electron chi connectivity index (χ0n) is 18.7. The third kappa shape index (κ3) is 5.23. The van der Waals surface area contributed by atoms with E-state index in [2.05, 4.69) is 47.9 Å². The molecule has 1 amide bonds. The number of aromatic nitrogens is 1. The zero-order chi connectivity index (χ0) is 22.7. The number of thiazole rings is 1. The molecule has 0 bridgehead atoms. The molecule has 7 heteroatoms. The predicted molar refractivity (Wildman–Crippen MR) is 127 cm³/mol. The molecule has 0 spiro atoms. The fourth-order valence-electron chi connectivity index (χ4n) is 4.17. The number of hydrogen-bond acceptors (Lipinski definition) is 5. The minimum atomic E-state index is -0.212. The van der Waals surface area contributed by atoms with E-state index in [1.54, 1.807) is 17.0 Å². The number of halogens is 1. The summed E-state index contributed by atoms with van der Waals surface area (Å²) < 4.78 is 13.5. The van der Waals surface area contributed by atoms with Gasteiger partial charge in [-0.3, -0.25) is 15.6 Å². The Bertz CT molecular complexity index is 1100. The standard InChI is InChI=1S/C25H29FN4OS/c1-16-9-10-21(17(2)12-16)24-27-23(15-32-24)25(31)30(3)11-5-8-20-14-22(29-28-20)18-6-4-7-19(26)13-18/h4,6-7,9-10,12-13,15,20,22,28-29H,5,8,11,14H2,1-3H3. The Morgan fingerprint density at radius 1 is 1.22 bits per heavy atom. The molecule has 1 aliphatic rings. The molecular formula is C25H29FN4OS. The topological polar surface area (TPSA) is 57.3 Å². The minimum absolute atomic E-state index is 0.0487. The smallest absolute Gasteiger partial charge is 0.273 e. The van der Waals surface area contributed by atoms with Gasteiger partial charge in [0.05, 0.1) is 0 Å². The molecule has 1 aliphatic heterocycles. The SMILES string of the molecule is Cc1ccc(-c2nc(C(=O)N(C)CCCC3CC(c4cccc(F)c4)NN3)cs2)c(C)c1. The molecule has 2 unspecified atom stereocenters. The second-order valence-electron chi connectivity index (χ2n) is 8.55. The number of amides is 1. The molecule has 2 aromatic carbocycles. The zero-order valence-corrected chi connectivity index (χ0v) is 19.5. The summed E-state index contributed by atoms with van der Waals surface area (Å²) in [5, 5.41) is 2.73. The van der Waals surface area contributed by atoms with Crippen molar-refractivity contribution in [2.45, 2.75) is 45.2 Å². The quantitative estimate of drug-likeness (QED) is 0.528. The number of aryl methyl sites for hydroxylation is 2. The summed E-state index contributed by atoms with van der Waals surface area (Å²) in [6, 6.07) is 13.4. The Morgan fingerprint density at radius 2 is 2.06 bits per heavy atom. The largest absolute Gasteiger partial charge is 0.340 e. The Balaban J connectivity index is 1.27.